The summed E-state index contributed by atoms with van der Waals surface area (Å²) in [7, 11) is 0. The number of aryl methyl sites for hydroxylation is 4. The van der Waals surface area contributed by atoms with Crippen LogP contribution < -0.4 is 10.6 Å². The molecule has 0 fully saturated rings. The van der Waals surface area contributed by atoms with Crippen molar-refractivity contribution in [3.8, 4) is 22.5 Å². The van der Waals surface area contributed by atoms with Gasteiger partial charge >= 0.3 is 0 Å². The fourth-order valence-corrected chi connectivity index (χ4v) is 5.89. The highest BCUT2D eigenvalue weighted by Gasteiger charge is 2.17. The molecule has 45 heavy (non-hydrogen) atoms. The van der Waals surface area contributed by atoms with Gasteiger partial charge in [0.15, 0.2) is 0 Å². The summed E-state index contributed by atoms with van der Waals surface area (Å²) < 4.78 is 0. The van der Waals surface area contributed by atoms with Gasteiger partial charge in [-0.3, -0.25) is 9.59 Å². The Morgan fingerprint density at radius 2 is 0.978 bits per heavy atom. The van der Waals surface area contributed by atoms with E-state index in [1.54, 1.807) is 0 Å². The van der Waals surface area contributed by atoms with Gasteiger partial charge in [-0.25, -0.2) is 9.97 Å². The minimum atomic E-state index is -0.163. The number of fused-ring (bicyclic) bond motifs is 2. The second-order valence-corrected chi connectivity index (χ2v) is 11.6. The zero-order valence-electron chi connectivity index (χ0n) is 26.1. The van der Waals surface area contributed by atoms with Gasteiger partial charge in [-0.05, 0) is 69.5 Å². The first-order chi connectivity index (χ1) is 21.8. The lowest BCUT2D eigenvalue weighted by Crippen LogP contribution is -2.30. The van der Waals surface area contributed by atoms with Gasteiger partial charge in [0.25, 0.3) is 11.8 Å². The van der Waals surface area contributed by atoms with Crippen molar-refractivity contribution < 1.29 is 9.59 Å². The molecule has 0 spiro atoms. The number of carbonyl (C=O) groups excluding carboxylic acids is 2. The average Bonchev–Trinajstić information content (AvgIpc) is 3.03. The number of hydrogen-bond acceptors (Lipinski definition) is 4. The van der Waals surface area contributed by atoms with Gasteiger partial charge in [-0.1, -0.05) is 83.9 Å². The lowest BCUT2D eigenvalue weighted by Gasteiger charge is -2.13. The fourth-order valence-electron chi connectivity index (χ4n) is 5.89. The molecule has 2 heterocycles. The Labute approximate surface area is 263 Å². The third kappa shape index (κ3) is 6.31. The van der Waals surface area contributed by atoms with E-state index < -0.39 is 0 Å². The van der Waals surface area contributed by atoms with Gasteiger partial charge in [0.05, 0.1) is 33.5 Å². The van der Waals surface area contributed by atoms with Crippen molar-refractivity contribution >= 4 is 33.6 Å². The number of nitrogens with zero attached hydrogens (tertiary/aromatic N) is 2. The summed E-state index contributed by atoms with van der Waals surface area (Å²) in [6.07, 6.45) is 0.581. The Morgan fingerprint density at radius 1 is 0.556 bits per heavy atom. The van der Waals surface area contributed by atoms with Crippen LogP contribution in [0.15, 0.2) is 97.1 Å². The third-order valence-electron chi connectivity index (χ3n) is 8.16. The number of hydrogen-bond donors (Lipinski definition) is 2. The molecule has 224 valence electrons. The molecule has 2 aromatic heterocycles. The molecule has 0 radical (unpaired) electrons. The zero-order valence-corrected chi connectivity index (χ0v) is 26.1. The van der Waals surface area contributed by atoms with Crippen LogP contribution in [0.4, 0.5) is 0 Å². The number of rotatable bonds is 8. The molecule has 6 heteroatoms. The van der Waals surface area contributed by atoms with Crippen LogP contribution in [0.3, 0.4) is 0 Å². The smallest absolute Gasteiger partial charge is 0.252 e. The second-order valence-electron chi connectivity index (χ2n) is 11.6. The highest BCUT2D eigenvalue weighted by Crippen LogP contribution is 2.29. The fraction of sp³-hybridized carbons (Fsp3) is 0.179. The van der Waals surface area contributed by atoms with E-state index in [-0.39, 0.29) is 11.8 Å². The van der Waals surface area contributed by atoms with E-state index in [9.17, 15) is 9.59 Å². The average molecular weight is 593 g/mol. The summed E-state index contributed by atoms with van der Waals surface area (Å²) in [6, 6.07) is 31.7. The molecule has 0 atom stereocenters. The molecule has 0 bridgehead atoms. The minimum absolute atomic E-state index is 0.163. The molecule has 0 aliphatic heterocycles. The van der Waals surface area contributed by atoms with Crippen molar-refractivity contribution in [2.24, 2.45) is 0 Å². The highest BCUT2D eigenvalue weighted by atomic mass is 16.2. The standard InChI is InChI=1S/C39H36N4O2/c1-24-14-16-28(26(3)20-24)36-22-32(30-10-5-7-12-34(30)42-36)38(44)40-18-9-19-41-39(45)33-23-37(29-17-15-25(2)21-27(29)4)43-35-13-8-6-11-31(33)35/h5-8,10-17,20-23H,9,18-19H2,1-4H3,(H,40,44)(H,41,45). The minimum Gasteiger partial charge on any atom is -0.352 e. The molecular weight excluding hydrogens is 556 g/mol. The summed E-state index contributed by atoms with van der Waals surface area (Å²) in [5, 5.41) is 7.71. The van der Waals surface area contributed by atoms with Gasteiger partial charge in [0, 0.05) is 35.0 Å². The molecule has 0 saturated carbocycles. The summed E-state index contributed by atoms with van der Waals surface area (Å²) in [4.78, 5) is 36.6. The molecule has 0 unspecified atom stereocenters. The molecule has 6 nitrogen and oxygen atoms in total. The van der Waals surface area contributed by atoms with E-state index in [2.05, 4.69) is 74.7 Å². The lowest BCUT2D eigenvalue weighted by atomic mass is 9.99. The van der Waals surface area contributed by atoms with Crippen molar-refractivity contribution in [3.05, 3.63) is 130 Å². The maximum absolute atomic E-state index is 13.4. The van der Waals surface area contributed by atoms with E-state index in [0.717, 1.165) is 55.4 Å². The first-order valence-corrected chi connectivity index (χ1v) is 15.3. The summed E-state index contributed by atoms with van der Waals surface area (Å²) in [5.74, 6) is -0.326. The maximum atomic E-state index is 13.4. The van der Waals surface area contributed by atoms with E-state index in [1.165, 1.54) is 11.1 Å². The zero-order chi connectivity index (χ0) is 31.5. The Kier molecular flexibility index (Phi) is 8.39. The Balaban J connectivity index is 1.15. The van der Waals surface area contributed by atoms with Crippen molar-refractivity contribution in [2.45, 2.75) is 34.1 Å². The topological polar surface area (TPSA) is 84.0 Å². The van der Waals surface area contributed by atoms with Crippen LogP contribution in [0.1, 0.15) is 49.4 Å². The van der Waals surface area contributed by atoms with Crippen molar-refractivity contribution in [1.29, 1.82) is 0 Å². The first kappa shape index (κ1) is 29.7. The van der Waals surface area contributed by atoms with Crippen LogP contribution in [0, 0.1) is 27.7 Å². The van der Waals surface area contributed by atoms with E-state index in [4.69, 9.17) is 9.97 Å². The predicted molar refractivity (Wildman–Crippen MR) is 183 cm³/mol. The van der Waals surface area contributed by atoms with Crippen LogP contribution in [0.25, 0.3) is 44.3 Å². The molecule has 2 N–H and O–H groups in total. The monoisotopic (exact) mass is 592 g/mol. The number of amides is 2. The summed E-state index contributed by atoms with van der Waals surface area (Å²) in [5.41, 5.74) is 10.9. The summed E-state index contributed by atoms with van der Waals surface area (Å²) >= 11 is 0. The number of aromatic nitrogens is 2. The SMILES string of the molecule is Cc1ccc(-c2cc(C(=O)NCCCNC(=O)c3cc(-c4ccc(C)cc4C)nc4ccccc34)c3ccccc3n2)c(C)c1. The molecule has 6 rings (SSSR count). The third-order valence-corrected chi connectivity index (χ3v) is 8.16. The van der Waals surface area contributed by atoms with E-state index in [0.29, 0.717) is 30.6 Å². The van der Waals surface area contributed by atoms with Crippen LogP contribution in [-0.2, 0) is 0 Å². The van der Waals surface area contributed by atoms with Gasteiger partial charge in [0.1, 0.15) is 0 Å². The number of carbonyl (C=O) groups is 2. The Hall–Kier alpha value is -5.36. The molecule has 4 aromatic carbocycles. The number of pyridine rings is 2. The van der Waals surface area contributed by atoms with Crippen molar-refractivity contribution in [2.75, 3.05) is 13.1 Å². The maximum Gasteiger partial charge on any atom is 0.252 e. The van der Waals surface area contributed by atoms with E-state index in [1.807, 2.05) is 60.7 Å². The predicted octanol–water partition coefficient (Wildman–Crippen LogP) is 7.90. The van der Waals surface area contributed by atoms with Gasteiger partial charge < -0.3 is 10.6 Å². The number of benzene rings is 4. The second kappa shape index (κ2) is 12.7. The van der Waals surface area contributed by atoms with Crippen molar-refractivity contribution in [1.82, 2.24) is 20.6 Å². The first-order valence-electron chi connectivity index (χ1n) is 15.3. The molecule has 0 aliphatic carbocycles. The quantitative estimate of drug-likeness (QED) is 0.176. The van der Waals surface area contributed by atoms with Crippen molar-refractivity contribution in [3.63, 3.8) is 0 Å². The molecule has 0 aliphatic rings. The number of para-hydroxylation sites is 2. The van der Waals surface area contributed by atoms with E-state index >= 15 is 0 Å². The molecule has 6 aromatic rings. The van der Waals surface area contributed by atoms with Gasteiger partial charge in [-0.15, -0.1) is 0 Å². The van der Waals surface area contributed by atoms with Crippen LogP contribution in [-0.4, -0.2) is 34.9 Å². The molecule has 2 amide bonds. The van der Waals surface area contributed by atoms with Crippen LogP contribution in [0.5, 0.6) is 0 Å². The lowest BCUT2D eigenvalue weighted by molar-refractivity contribution is 0.0953. The normalized spacial score (nSPS) is 11.1. The summed E-state index contributed by atoms with van der Waals surface area (Å²) in [6.45, 7) is 9.08. The Bertz CT molecular complexity index is 1930. The highest BCUT2D eigenvalue weighted by molar-refractivity contribution is 6.08. The molecular formula is C39H36N4O2. The van der Waals surface area contributed by atoms with Crippen LogP contribution in [0.2, 0.25) is 0 Å². The van der Waals surface area contributed by atoms with Gasteiger partial charge in [-0.2, -0.15) is 0 Å². The Morgan fingerprint density at radius 3 is 1.40 bits per heavy atom. The number of nitrogens with one attached hydrogen (secondary N) is 2. The molecule has 0 saturated heterocycles. The van der Waals surface area contributed by atoms with Gasteiger partial charge in [0.2, 0.25) is 0 Å². The largest absolute Gasteiger partial charge is 0.352 e. The van der Waals surface area contributed by atoms with Crippen LogP contribution >= 0.6 is 0 Å².